The topological polar surface area (TPSA) is 71.7 Å². The van der Waals surface area contributed by atoms with E-state index in [1.807, 2.05) is 6.07 Å². The van der Waals surface area contributed by atoms with E-state index in [9.17, 15) is 4.79 Å². The van der Waals surface area contributed by atoms with Gasteiger partial charge in [-0.1, -0.05) is 0 Å². The molecular weight excluding hydrogens is 314 g/mol. The highest BCUT2D eigenvalue weighted by atomic mass is 79.9. The Morgan fingerprint density at radius 2 is 2.21 bits per heavy atom. The van der Waals surface area contributed by atoms with Crippen molar-refractivity contribution in [2.24, 2.45) is 0 Å². The molecule has 2 rings (SSSR count). The highest BCUT2D eigenvalue weighted by Crippen LogP contribution is 2.26. The van der Waals surface area contributed by atoms with Crippen LogP contribution in [-0.4, -0.2) is 18.2 Å². The zero-order valence-corrected chi connectivity index (χ0v) is 11.7. The van der Waals surface area contributed by atoms with Gasteiger partial charge in [-0.25, -0.2) is 4.79 Å². The Kier molecular flexibility index (Phi) is 4.11. The third-order valence-corrected chi connectivity index (χ3v) is 2.95. The molecule has 0 radical (unpaired) electrons. The fraction of sp³-hybridized carbons (Fsp3) is 0.154. The van der Waals surface area contributed by atoms with E-state index in [0.29, 0.717) is 22.7 Å². The summed E-state index contributed by atoms with van der Waals surface area (Å²) in [5.74, 6) is 0.330. The van der Waals surface area contributed by atoms with Crippen molar-refractivity contribution < 1.29 is 19.1 Å². The molecule has 0 saturated heterocycles. The van der Waals surface area contributed by atoms with Crippen molar-refractivity contribution in [1.82, 2.24) is 0 Å². The van der Waals surface area contributed by atoms with E-state index in [4.69, 9.17) is 14.3 Å². The molecule has 6 heteroatoms. The Hall–Kier alpha value is -1.95. The molecule has 19 heavy (non-hydrogen) atoms. The van der Waals surface area contributed by atoms with Crippen LogP contribution in [0.15, 0.2) is 39.4 Å². The van der Waals surface area contributed by atoms with E-state index in [0.717, 1.165) is 5.76 Å². The number of carbonyl (C=O) groups is 1. The van der Waals surface area contributed by atoms with E-state index < -0.39 is 5.97 Å². The van der Waals surface area contributed by atoms with Gasteiger partial charge in [-0.15, -0.1) is 0 Å². The summed E-state index contributed by atoms with van der Waals surface area (Å²) in [5.41, 5.74) is 0.804. The summed E-state index contributed by atoms with van der Waals surface area (Å²) in [6, 6.07) is 8.26. The Labute approximate surface area is 118 Å². The Morgan fingerprint density at radius 3 is 2.79 bits per heavy atom. The van der Waals surface area contributed by atoms with Gasteiger partial charge >= 0.3 is 5.97 Å². The van der Waals surface area contributed by atoms with E-state index >= 15 is 0 Å². The van der Waals surface area contributed by atoms with Gasteiger partial charge in [0.05, 0.1) is 24.9 Å². The van der Waals surface area contributed by atoms with Gasteiger partial charge in [0.25, 0.3) is 0 Å². The van der Waals surface area contributed by atoms with Gasteiger partial charge in [-0.05, 0) is 46.3 Å². The summed E-state index contributed by atoms with van der Waals surface area (Å²) in [4.78, 5) is 10.9. The normalized spacial score (nSPS) is 10.2. The number of rotatable bonds is 5. The smallest absolute Gasteiger partial charge is 0.335 e. The first kappa shape index (κ1) is 13.5. The first-order chi connectivity index (χ1) is 9.10. The third-order valence-electron chi connectivity index (χ3n) is 2.53. The number of hydrogen-bond donors (Lipinski definition) is 2. The maximum Gasteiger partial charge on any atom is 0.335 e. The zero-order valence-electron chi connectivity index (χ0n) is 10.1. The third kappa shape index (κ3) is 3.29. The number of benzene rings is 1. The lowest BCUT2D eigenvalue weighted by molar-refractivity contribution is 0.0697. The van der Waals surface area contributed by atoms with Gasteiger partial charge < -0.3 is 19.6 Å². The molecule has 5 nitrogen and oxygen atoms in total. The molecule has 1 heterocycles. The summed E-state index contributed by atoms with van der Waals surface area (Å²) >= 11 is 3.22. The van der Waals surface area contributed by atoms with Crippen LogP contribution < -0.4 is 10.1 Å². The standard InChI is InChI=1S/C13H12BrNO4/c1-18-11-4-2-8(13(16)17)6-10(11)15-7-9-3-5-12(14)19-9/h2-6,15H,7H2,1H3,(H,16,17). The van der Waals surface area contributed by atoms with Crippen LogP contribution in [0.5, 0.6) is 5.75 Å². The van der Waals surface area contributed by atoms with Crippen molar-refractivity contribution in [3.05, 3.63) is 46.3 Å². The molecule has 1 aromatic heterocycles. The van der Waals surface area contributed by atoms with E-state index in [-0.39, 0.29) is 5.56 Å². The van der Waals surface area contributed by atoms with Crippen molar-refractivity contribution >= 4 is 27.6 Å². The van der Waals surface area contributed by atoms with Gasteiger partial charge in [0.2, 0.25) is 0 Å². The van der Waals surface area contributed by atoms with Crippen LogP contribution in [0.2, 0.25) is 0 Å². The van der Waals surface area contributed by atoms with Crippen LogP contribution in [0.1, 0.15) is 16.1 Å². The molecule has 0 aliphatic rings. The van der Waals surface area contributed by atoms with E-state index in [1.165, 1.54) is 19.2 Å². The lowest BCUT2D eigenvalue weighted by Crippen LogP contribution is -2.03. The average molecular weight is 326 g/mol. The van der Waals surface area contributed by atoms with E-state index in [1.54, 1.807) is 12.1 Å². The first-order valence-electron chi connectivity index (χ1n) is 5.49. The highest BCUT2D eigenvalue weighted by Gasteiger charge is 2.09. The number of anilines is 1. The van der Waals surface area contributed by atoms with Gasteiger partial charge in [0.15, 0.2) is 4.67 Å². The van der Waals surface area contributed by atoms with Crippen molar-refractivity contribution in [2.75, 3.05) is 12.4 Å². The van der Waals surface area contributed by atoms with Crippen molar-refractivity contribution in [3.63, 3.8) is 0 Å². The van der Waals surface area contributed by atoms with Crippen molar-refractivity contribution in [1.29, 1.82) is 0 Å². The van der Waals surface area contributed by atoms with Gasteiger partial charge in [0, 0.05) is 0 Å². The number of ether oxygens (including phenoxy) is 1. The van der Waals surface area contributed by atoms with Crippen LogP contribution in [0, 0.1) is 0 Å². The number of carboxylic acids is 1. The molecule has 0 spiro atoms. The molecule has 100 valence electrons. The maximum absolute atomic E-state index is 10.9. The average Bonchev–Trinajstić information content (AvgIpc) is 2.81. The minimum Gasteiger partial charge on any atom is -0.495 e. The molecule has 0 fully saturated rings. The summed E-state index contributed by atoms with van der Waals surface area (Å²) in [7, 11) is 1.53. The molecule has 0 bridgehead atoms. The molecule has 1 aromatic carbocycles. The molecule has 0 aliphatic heterocycles. The lowest BCUT2D eigenvalue weighted by atomic mass is 10.2. The highest BCUT2D eigenvalue weighted by molar-refractivity contribution is 9.10. The molecule has 0 unspecified atom stereocenters. The largest absolute Gasteiger partial charge is 0.495 e. The maximum atomic E-state index is 10.9. The molecule has 0 amide bonds. The Morgan fingerprint density at radius 1 is 1.42 bits per heavy atom. The summed E-state index contributed by atoms with van der Waals surface area (Å²) in [5, 5.41) is 12.1. The SMILES string of the molecule is COc1ccc(C(=O)O)cc1NCc1ccc(Br)o1. The Bertz CT molecular complexity index is 594. The second kappa shape index (κ2) is 5.79. The van der Waals surface area contributed by atoms with Crippen LogP contribution in [0.25, 0.3) is 0 Å². The van der Waals surface area contributed by atoms with Crippen molar-refractivity contribution in [3.8, 4) is 5.75 Å². The van der Waals surface area contributed by atoms with Gasteiger partial charge in [0.1, 0.15) is 11.5 Å². The zero-order chi connectivity index (χ0) is 13.8. The summed E-state index contributed by atoms with van der Waals surface area (Å²) < 4.78 is 11.2. The number of carboxylic acid groups (broad SMARTS) is 1. The molecular formula is C13H12BrNO4. The number of halogens is 1. The minimum atomic E-state index is -0.980. The predicted octanol–water partition coefficient (Wildman–Crippen LogP) is 3.36. The summed E-state index contributed by atoms with van der Waals surface area (Å²) in [6.07, 6.45) is 0. The first-order valence-corrected chi connectivity index (χ1v) is 6.29. The van der Waals surface area contributed by atoms with Crippen LogP contribution in [0.4, 0.5) is 5.69 Å². The second-order valence-corrected chi connectivity index (χ2v) is 4.56. The molecule has 0 saturated carbocycles. The second-order valence-electron chi connectivity index (χ2n) is 3.78. The summed E-state index contributed by atoms with van der Waals surface area (Å²) in [6.45, 7) is 0.436. The van der Waals surface area contributed by atoms with Crippen molar-refractivity contribution in [2.45, 2.75) is 6.54 Å². The number of hydrogen-bond acceptors (Lipinski definition) is 4. The molecule has 0 aliphatic carbocycles. The predicted molar refractivity (Wildman–Crippen MR) is 73.7 cm³/mol. The number of nitrogens with one attached hydrogen (secondary N) is 1. The van der Waals surface area contributed by atoms with Gasteiger partial charge in [-0.3, -0.25) is 0 Å². The molecule has 0 atom stereocenters. The fourth-order valence-corrected chi connectivity index (χ4v) is 1.95. The van der Waals surface area contributed by atoms with Crippen LogP contribution in [0.3, 0.4) is 0 Å². The molecule has 2 N–H and O–H groups in total. The lowest BCUT2D eigenvalue weighted by Gasteiger charge is -2.10. The minimum absolute atomic E-state index is 0.198. The Balaban J connectivity index is 2.17. The monoisotopic (exact) mass is 325 g/mol. The van der Waals surface area contributed by atoms with Crippen LogP contribution >= 0.6 is 15.9 Å². The van der Waals surface area contributed by atoms with E-state index in [2.05, 4.69) is 21.2 Å². The van der Waals surface area contributed by atoms with Gasteiger partial charge in [-0.2, -0.15) is 0 Å². The number of furan rings is 1. The quantitative estimate of drug-likeness (QED) is 0.881. The van der Waals surface area contributed by atoms with Crippen LogP contribution in [-0.2, 0) is 6.54 Å². The number of methoxy groups -OCH3 is 1. The fourth-order valence-electron chi connectivity index (χ4n) is 1.61. The molecule has 2 aromatic rings. The number of aromatic carboxylic acids is 1.